The zero-order valence-electron chi connectivity index (χ0n) is 17.8. The fourth-order valence-electron chi connectivity index (χ4n) is 4.41. The van der Waals surface area contributed by atoms with Gasteiger partial charge in [0.1, 0.15) is 0 Å². The number of nitro groups is 1. The van der Waals surface area contributed by atoms with Gasteiger partial charge in [-0.1, -0.05) is 30.7 Å². The van der Waals surface area contributed by atoms with Gasteiger partial charge < -0.3 is 9.80 Å². The second kappa shape index (κ2) is 10.2. The quantitative estimate of drug-likeness (QED) is 0.332. The highest BCUT2D eigenvalue weighted by Crippen LogP contribution is 2.35. The molecule has 0 saturated carbocycles. The van der Waals surface area contributed by atoms with Crippen LogP contribution in [-0.4, -0.2) is 49.0 Å². The molecule has 31 heavy (non-hydrogen) atoms. The van der Waals surface area contributed by atoms with E-state index in [1.54, 1.807) is 13.1 Å². The highest BCUT2D eigenvalue weighted by Gasteiger charge is 2.28. The number of hydrogen-bond acceptors (Lipinski definition) is 5. The molecule has 0 aliphatic carbocycles. The van der Waals surface area contributed by atoms with Crippen molar-refractivity contribution in [2.45, 2.75) is 32.2 Å². The zero-order valence-corrected chi connectivity index (χ0v) is 19.5. The number of carbonyl (C=O) groups excluding carboxylic acids is 1. The Bertz CT molecular complexity index is 952. The number of nitrogens with zero attached hydrogens (tertiary/aromatic N) is 4. The van der Waals surface area contributed by atoms with E-state index in [4.69, 9.17) is 0 Å². The Balaban J connectivity index is 0.00000272. The van der Waals surface area contributed by atoms with Crippen LogP contribution in [0.25, 0.3) is 0 Å². The molecule has 0 saturated heterocycles. The fourth-order valence-corrected chi connectivity index (χ4v) is 4.41. The molecule has 2 aliphatic heterocycles. The van der Waals surface area contributed by atoms with Crippen molar-refractivity contribution in [1.29, 1.82) is 0 Å². The molecular weight excluding hydrogens is 460 g/mol. The molecule has 0 bridgehead atoms. The van der Waals surface area contributed by atoms with Crippen LogP contribution in [0.5, 0.6) is 0 Å². The number of carbonyl (C=O) groups is 1. The molecule has 7 nitrogen and oxygen atoms in total. The molecule has 0 aromatic heterocycles. The lowest BCUT2D eigenvalue weighted by Crippen LogP contribution is -2.44. The van der Waals surface area contributed by atoms with Crippen molar-refractivity contribution in [3.8, 4) is 0 Å². The summed E-state index contributed by atoms with van der Waals surface area (Å²) in [5.74, 6) is -0.0324. The Morgan fingerprint density at radius 3 is 2.48 bits per heavy atom. The van der Waals surface area contributed by atoms with Gasteiger partial charge >= 0.3 is 0 Å². The molecular formula is C23H29BrN4O3. The summed E-state index contributed by atoms with van der Waals surface area (Å²) in [6.07, 6.45) is 4.36. The van der Waals surface area contributed by atoms with E-state index in [2.05, 4.69) is 34.1 Å². The third kappa shape index (κ3) is 5.25. The smallest absolute Gasteiger partial charge is 0.271 e. The Morgan fingerprint density at radius 1 is 0.968 bits per heavy atom. The van der Waals surface area contributed by atoms with Gasteiger partial charge in [-0.2, -0.15) is 0 Å². The molecule has 2 aliphatic rings. The maximum absolute atomic E-state index is 12.4. The number of halogens is 1. The molecule has 166 valence electrons. The predicted molar refractivity (Wildman–Crippen MR) is 128 cm³/mol. The minimum absolute atomic E-state index is 0. The summed E-state index contributed by atoms with van der Waals surface area (Å²) in [5.41, 5.74) is 4.46. The van der Waals surface area contributed by atoms with E-state index in [-0.39, 0.29) is 28.6 Å². The molecule has 8 heteroatoms. The van der Waals surface area contributed by atoms with E-state index in [1.165, 1.54) is 28.2 Å². The van der Waals surface area contributed by atoms with Gasteiger partial charge in [-0.3, -0.25) is 19.8 Å². The van der Waals surface area contributed by atoms with E-state index in [0.717, 1.165) is 57.5 Å². The van der Waals surface area contributed by atoms with Gasteiger partial charge in [0.2, 0.25) is 5.91 Å². The molecule has 4 rings (SSSR count). The number of benzene rings is 2. The van der Waals surface area contributed by atoms with Gasteiger partial charge in [0.15, 0.2) is 0 Å². The number of fused-ring (bicyclic) bond motifs is 2. The topological polar surface area (TPSA) is 69.9 Å². The van der Waals surface area contributed by atoms with Crippen LogP contribution in [0.4, 0.5) is 17.1 Å². The predicted octanol–water partition coefficient (Wildman–Crippen LogP) is 4.18. The number of rotatable bonds is 7. The number of anilines is 2. The number of hydrogen-bond donors (Lipinski definition) is 0. The molecule has 0 atom stereocenters. The number of unbranched alkanes of at least 4 members (excludes halogenated alkanes) is 2. The Kier molecular flexibility index (Phi) is 7.67. The van der Waals surface area contributed by atoms with Crippen LogP contribution in [0, 0.1) is 10.1 Å². The van der Waals surface area contributed by atoms with Crippen LogP contribution >= 0.6 is 17.0 Å². The van der Waals surface area contributed by atoms with Gasteiger partial charge in [0.25, 0.3) is 5.69 Å². The number of non-ortho nitro benzene ring substituents is 1. The minimum Gasteiger partial charge on any atom is -0.361 e. The van der Waals surface area contributed by atoms with Gasteiger partial charge in [0, 0.05) is 38.8 Å². The number of likely N-dealkylation sites (N-methyl/N-ethyl adjacent to an activating group) is 1. The molecule has 2 aromatic rings. The van der Waals surface area contributed by atoms with Crippen molar-refractivity contribution in [3.05, 3.63) is 63.7 Å². The van der Waals surface area contributed by atoms with Crippen molar-refractivity contribution in [2.75, 3.05) is 43.0 Å². The highest BCUT2D eigenvalue weighted by atomic mass is 79.9. The van der Waals surface area contributed by atoms with Crippen LogP contribution in [0.2, 0.25) is 0 Å². The maximum Gasteiger partial charge on any atom is 0.271 e. The summed E-state index contributed by atoms with van der Waals surface area (Å²) in [5, 5.41) is 11.1. The van der Waals surface area contributed by atoms with E-state index in [0.29, 0.717) is 12.2 Å². The minimum atomic E-state index is -0.420. The second-order valence-corrected chi connectivity index (χ2v) is 8.16. The monoisotopic (exact) mass is 488 g/mol. The van der Waals surface area contributed by atoms with E-state index < -0.39 is 4.92 Å². The van der Waals surface area contributed by atoms with Gasteiger partial charge in [0.05, 0.1) is 22.8 Å². The molecule has 0 fully saturated rings. The Hall–Kier alpha value is -2.45. The average Bonchev–Trinajstić information content (AvgIpc) is 2.76. The van der Waals surface area contributed by atoms with Gasteiger partial charge in [-0.05, 0) is 43.0 Å². The van der Waals surface area contributed by atoms with Crippen LogP contribution in [0.1, 0.15) is 30.4 Å². The lowest BCUT2D eigenvalue weighted by atomic mass is 10.00. The first-order valence-corrected chi connectivity index (χ1v) is 10.6. The van der Waals surface area contributed by atoms with Crippen LogP contribution < -0.4 is 9.80 Å². The molecule has 0 radical (unpaired) electrons. The van der Waals surface area contributed by atoms with Gasteiger partial charge in [-0.25, -0.2) is 0 Å². The van der Waals surface area contributed by atoms with Crippen molar-refractivity contribution in [3.63, 3.8) is 0 Å². The van der Waals surface area contributed by atoms with E-state index in [9.17, 15) is 14.9 Å². The summed E-state index contributed by atoms with van der Waals surface area (Å²) in [4.78, 5) is 29.1. The first-order chi connectivity index (χ1) is 14.5. The van der Waals surface area contributed by atoms with Crippen molar-refractivity contribution < 1.29 is 9.72 Å². The molecule has 0 unspecified atom stereocenters. The van der Waals surface area contributed by atoms with E-state index in [1.807, 2.05) is 0 Å². The summed E-state index contributed by atoms with van der Waals surface area (Å²) in [7, 11) is 1.68. The van der Waals surface area contributed by atoms with Crippen molar-refractivity contribution in [2.24, 2.45) is 0 Å². The maximum atomic E-state index is 12.4. The first-order valence-electron chi connectivity index (χ1n) is 10.6. The van der Waals surface area contributed by atoms with Crippen molar-refractivity contribution >= 4 is 40.0 Å². The van der Waals surface area contributed by atoms with Crippen LogP contribution in [0.15, 0.2) is 42.5 Å². The SMILES string of the molecule is Br.CN1C(=O)CN(CCCCCN2CCc3ccccc3C2)c2ccc([N+](=O)[O-])cc21. The molecule has 0 N–H and O–H groups in total. The summed E-state index contributed by atoms with van der Waals surface area (Å²) < 4.78 is 0. The Labute approximate surface area is 193 Å². The Morgan fingerprint density at radius 2 is 1.71 bits per heavy atom. The lowest BCUT2D eigenvalue weighted by molar-refractivity contribution is -0.384. The number of amides is 1. The van der Waals surface area contributed by atoms with Gasteiger partial charge in [-0.15, -0.1) is 17.0 Å². The standard InChI is InChI=1S/C23H28N4O3.BrH/c1-24-22-15-20(27(29)30)9-10-21(22)26(17-23(24)28)13-6-2-5-12-25-14-11-18-7-3-4-8-19(18)16-25;/h3-4,7-10,15H,2,5-6,11-14,16-17H2,1H3;1H. The third-order valence-corrected chi connectivity index (χ3v) is 6.18. The first kappa shape index (κ1) is 23.2. The molecule has 2 aromatic carbocycles. The second-order valence-electron chi connectivity index (χ2n) is 8.16. The molecule has 2 heterocycles. The highest BCUT2D eigenvalue weighted by molar-refractivity contribution is 8.93. The lowest BCUT2D eigenvalue weighted by Gasteiger charge is -2.35. The van der Waals surface area contributed by atoms with Crippen molar-refractivity contribution in [1.82, 2.24) is 4.90 Å². The van der Waals surface area contributed by atoms with Crippen LogP contribution in [-0.2, 0) is 17.8 Å². The normalized spacial score (nSPS) is 15.8. The average molecular weight is 489 g/mol. The zero-order chi connectivity index (χ0) is 21.1. The summed E-state index contributed by atoms with van der Waals surface area (Å²) in [6, 6.07) is 13.5. The largest absolute Gasteiger partial charge is 0.361 e. The van der Waals surface area contributed by atoms with Crippen LogP contribution in [0.3, 0.4) is 0 Å². The summed E-state index contributed by atoms with van der Waals surface area (Å²) >= 11 is 0. The summed E-state index contributed by atoms with van der Waals surface area (Å²) in [6.45, 7) is 4.36. The molecule has 1 amide bonds. The molecule has 0 spiro atoms. The fraction of sp³-hybridized carbons (Fsp3) is 0.435. The number of nitro benzene ring substituents is 1. The van der Waals surface area contributed by atoms with E-state index >= 15 is 0 Å². The third-order valence-electron chi connectivity index (χ3n) is 6.18.